The van der Waals surface area contributed by atoms with Crippen LogP contribution in [-0.4, -0.2) is 102 Å². The second-order valence-corrected chi connectivity index (χ2v) is 19.7. The Morgan fingerprint density at radius 1 is 0.382 bits per heavy atom. The summed E-state index contributed by atoms with van der Waals surface area (Å²) in [6.45, 7) is 15.8. The first-order valence-electron chi connectivity index (χ1n) is 29.1. The molecular formula is C57H115O10P. The van der Waals surface area contributed by atoms with Gasteiger partial charge in [0, 0.05) is 48.1 Å². The molecule has 0 aliphatic carbocycles. The van der Waals surface area contributed by atoms with Crippen LogP contribution in [-0.2, 0) is 42.5 Å². The summed E-state index contributed by atoms with van der Waals surface area (Å²) in [6, 6.07) is 0. The SMILES string of the molecule is CCCCCCCCCCCCCCCCOCC(CO)OCCCCCCC(=O)OCC.CCCCCCCCCCCCCCCCOCC(COPC)OCCCCCCC(=O)OCC. The maximum Gasteiger partial charge on any atom is 0.305 e. The first-order chi connectivity index (χ1) is 33.5. The van der Waals surface area contributed by atoms with Gasteiger partial charge in [-0.2, -0.15) is 0 Å². The fourth-order valence-electron chi connectivity index (χ4n) is 8.12. The summed E-state index contributed by atoms with van der Waals surface area (Å²) in [7, 11) is 0.477. The van der Waals surface area contributed by atoms with Gasteiger partial charge in [-0.05, 0) is 59.0 Å². The lowest BCUT2D eigenvalue weighted by atomic mass is 10.0. The molecule has 0 aromatic rings. The lowest BCUT2D eigenvalue weighted by molar-refractivity contribution is -0.144. The summed E-state index contributed by atoms with van der Waals surface area (Å²) in [6.07, 6.45) is 47.0. The summed E-state index contributed by atoms with van der Waals surface area (Å²) in [4.78, 5) is 22.6. The van der Waals surface area contributed by atoms with Crippen molar-refractivity contribution in [1.82, 2.24) is 0 Å². The van der Waals surface area contributed by atoms with Crippen LogP contribution in [0.25, 0.3) is 0 Å². The fraction of sp³-hybridized carbons (Fsp3) is 0.965. The molecule has 0 rings (SSSR count). The summed E-state index contributed by atoms with van der Waals surface area (Å²) < 4.78 is 38.8. The van der Waals surface area contributed by atoms with Crippen molar-refractivity contribution >= 4 is 20.7 Å². The Kier molecular flexibility index (Phi) is 63.4. The third-order valence-corrected chi connectivity index (χ3v) is 12.8. The van der Waals surface area contributed by atoms with Gasteiger partial charge >= 0.3 is 11.9 Å². The topological polar surface area (TPSA) is 119 Å². The van der Waals surface area contributed by atoms with Gasteiger partial charge in [-0.15, -0.1) is 0 Å². The Hall–Kier alpha value is -0.870. The van der Waals surface area contributed by atoms with Crippen LogP contribution in [0.2, 0.25) is 0 Å². The number of hydrogen-bond donors (Lipinski definition) is 1. The Bertz CT molecular complexity index is 959. The van der Waals surface area contributed by atoms with E-state index in [9.17, 15) is 14.7 Å². The van der Waals surface area contributed by atoms with E-state index in [0.29, 0.717) is 61.3 Å². The van der Waals surface area contributed by atoms with E-state index < -0.39 is 0 Å². The van der Waals surface area contributed by atoms with Crippen LogP contribution in [0.1, 0.15) is 272 Å². The highest BCUT2D eigenvalue weighted by Gasteiger charge is 2.11. The highest BCUT2D eigenvalue weighted by atomic mass is 31.1. The van der Waals surface area contributed by atoms with Crippen molar-refractivity contribution in [1.29, 1.82) is 0 Å². The first kappa shape index (κ1) is 69.2. The molecule has 3 atom stereocenters. The van der Waals surface area contributed by atoms with Crippen LogP contribution in [0.4, 0.5) is 0 Å². The van der Waals surface area contributed by atoms with Crippen molar-refractivity contribution in [2.24, 2.45) is 0 Å². The van der Waals surface area contributed by atoms with Gasteiger partial charge < -0.3 is 38.1 Å². The standard InChI is InChI=1S/C29H59O5P.C28H56O5/c1-4-6-7-8-9-10-11-12-13-14-15-16-18-21-24-31-26-28(27-34-35-3)33-25-22-19-17-20-23-29(30)32-5-2;1-3-5-6-7-8-9-10-11-12-13-14-15-17-20-23-31-26-27(25-29)33-24-21-18-16-19-22-28(30)32-4-2/h28,35H,4-27H2,1-3H3;27,29H,3-26H2,1-2H3. The van der Waals surface area contributed by atoms with Crippen LogP contribution in [0.3, 0.4) is 0 Å². The molecule has 0 heterocycles. The Labute approximate surface area is 423 Å². The highest BCUT2D eigenvalue weighted by molar-refractivity contribution is 7.31. The minimum absolute atomic E-state index is 0.00159. The highest BCUT2D eigenvalue weighted by Crippen LogP contribution is 2.16. The molecule has 0 fully saturated rings. The van der Waals surface area contributed by atoms with Crippen molar-refractivity contribution in [2.75, 3.05) is 72.7 Å². The molecule has 11 heteroatoms. The molecule has 68 heavy (non-hydrogen) atoms. The van der Waals surface area contributed by atoms with Gasteiger partial charge in [0.25, 0.3) is 0 Å². The molecule has 0 aromatic heterocycles. The molecule has 0 bridgehead atoms. The predicted molar refractivity (Wildman–Crippen MR) is 288 cm³/mol. The van der Waals surface area contributed by atoms with Crippen LogP contribution in [0, 0.1) is 0 Å². The maximum absolute atomic E-state index is 11.3. The minimum atomic E-state index is -0.226. The monoisotopic (exact) mass is 991 g/mol. The fourth-order valence-corrected chi connectivity index (χ4v) is 8.47. The molecule has 0 aliphatic rings. The lowest BCUT2D eigenvalue weighted by Gasteiger charge is -2.18. The number of esters is 2. The molecule has 408 valence electrons. The van der Waals surface area contributed by atoms with E-state index in [1.807, 2.05) is 20.5 Å². The van der Waals surface area contributed by atoms with E-state index in [1.165, 1.54) is 167 Å². The summed E-state index contributed by atoms with van der Waals surface area (Å²) in [5.74, 6) is -0.192. The molecule has 10 nitrogen and oxygen atoms in total. The van der Waals surface area contributed by atoms with E-state index in [1.54, 1.807) is 0 Å². The van der Waals surface area contributed by atoms with Gasteiger partial charge in [-0.1, -0.05) is 206 Å². The molecular weight excluding hydrogens is 876 g/mol. The number of aliphatic hydroxyl groups excluding tert-OH is 1. The molecule has 0 radical (unpaired) electrons. The zero-order valence-corrected chi connectivity index (χ0v) is 46.7. The van der Waals surface area contributed by atoms with Crippen LogP contribution in [0.5, 0.6) is 0 Å². The molecule has 1 N–H and O–H groups in total. The Balaban J connectivity index is 0. The number of ether oxygens (including phenoxy) is 6. The number of carbonyl (C=O) groups excluding carboxylic acids is 2. The van der Waals surface area contributed by atoms with Crippen molar-refractivity contribution in [3.8, 4) is 0 Å². The predicted octanol–water partition coefficient (Wildman–Crippen LogP) is 16.0. The number of unbranched alkanes of at least 4 members (excludes halogenated alkanes) is 32. The van der Waals surface area contributed by atoms with Gasteiger partial charge in [0.15, 0.2) is 0 Å². The van der Waals surface area contributed by atoms with Crippen molar-refractivity contribution in [2.45, 2.75) is 284 Å². The first-order valence-corrected chi connectivity index (χ1v) is 30.5. The van der Waals surface area contributed by atoms with E-state index >= 15 is 0 Å². The number of carbonyl (C=O) groups is 2. The van der Waals surface area contributed by atoms with Gasteiger partial charge in [-0.25, -0.2) is 0 Å². The smallest absolute Gasteiger partial charge is 0.305 e. The largest absolute Gasteiger partial charge is 0.466 e. The molecule has 0 saturated heterocycles. The molecule has 3 unspecified atom stereocenters. The number of hydrogen-bond acceptors (Lipinski definition) is 10. The molecule has 0 spiro atoms. The van der Waals surface area contributed by atoms with Crippen LogP contribution >= 0.6 is 8.81 Å². The summed E-state index contributed by atoms with van der Waals surface area (Å²) in [5, 5.41) is 9.45. The second-order valence-electron chi connectivity index (χ2n) is 19.0. The molecule has 0 aromatic carbocycles. The molecule has 0 saturated carbocycles. The Morgan fingerprint density at radius 3 is 1.00 bits per heavy atom. The van der Waals surface area contributed by atoms with Crippen molar-refractivity contribution in [3.05, 3.63) is 0 Å². The second kappa shape index (κ2) is 62.2. The average molecular weight is 992 g/mol. The molecule has 0 amide bonds. The third kappa shape index (κ3) is 59.4. The Morgan fingerprint density at radius 2 is 0.676 bits per heavy atom. The summed E-state index contributed by atoms with van der Waals surface area (Å²) in [5.41, 5.74) is 0. The van der Waals surface area contributed by atoms with E-state index in [2.05, 4.69) is 13.8 Å². The van der Waals surface area contributed by atoms with Gasteiger partial charge in [-0.3, -0.25) is 9.59 Å². The number of aliphatic hydroxyl groups is 1. The van der Waals surface area contributed by atoms with Gasteiger partial charge in [0.05, 0.1) is 39.6 Å². The van der Waals surface area contributed by atoms with E-state index in [4.69, 9.17) is 32.9 Å². The minimum Gasteiger partial charge on any atom is -0.466 e. The van der Waals surface area contributed by atoms with Gasteiger partial charge in [0.1, 0.15) is 12.2 Å². The number of rotatable bonds is 56. The third-order valence-electron chi connectivity index (χ3n) is 12.4. The van der Waals surface area contributed by atoms with E-state index in [0.717, 1.165) is 84.0 Å². The lowest BCUT2D eigenvalue weighted by Crippen LogP contribution is -2.25. The van der Waals surface area contributed by atoms with Gasteiger partial charge in [0.2, 0.25) is 0 Å². The van der Waals surface area contributed by atoms with Crippen LogP contribution < -0.4 is 0 Å². The molecule has 0 aliphatic heterocycles. The maximum atomic E-state index is 11.3. The van der Waals surface area contributed by atoms with Crippen LogP contribution in [0.15, 0.2) is 0 Å². The zero-order valence-electron chi connectivity index (χ0n) is 45.7. The summed E-state index contributed by atoms with van der Waals surface area (Å²) >= 11 is 0. The quantitative estimate of drug-likeness (QED) is 0.0358. The van der Waals surface area contributed by atoms with Crippen molar-refractivity contribution < 1.29 is 47.6 Å². The van der Waals surface area contributed by atoms with Crippen molar-refractivity contribution in [3.63, 3.8) is 0 Å². The zero-order chi connectivity index (χ0) is 49.9. The normalized spacial score (nSPS) is 12.4. The average Bonchev–Trinajstić information content (AvgIpc) is 3.34. The van der Waals surface area contributed by atoms with E-state index in [-0.39, 0.29) is 30.8 Å².